The van der Waals surface area contributed by atoms with Crippen LogP contribution in [0.1, 0.15) is 10.6 Å². The number of hydrogen-bond acceptors (Lipinski definition) is 5. The predicted molar refractivity (Wildman–Crippen MR) is 71.0 cm³/mol. The highest BCUT2D eigenvalue weighted by Gasteiger charge is 2.16. The van der Waals surface area contributed by atoms with Crippen molar-refractivity contribution in [1.29, 1.82) is 0 Å². The van der Waals surface area contributed by atoms with Crippen LogP contribution in [0.15, 0.2) is 24.3 Å². The number of nitrogens with zero attached hydrogens (tertiary/aromatic N) is 3. The number of para-hydroxylation sites is 1. The Morgan fingerprint density at radius 1 is 1.33 bits per heavy atom. The average Bonchev–Trinajstić information content (AvgIpc) is 2.66. The van der Waals surface area contributed by atoms with Crippen LogP contribution in [-0.2, 0) is 13.1 Å². The smallest absolute Gasteiger partial charge is 0.207 e. The van der Waals surface area contributed by atoms with Crippen LogP contribution in [0.2, 0.25) is 4.47 Å². The molecular weight excluding hydrogens is 270 g/mol. The van der Waals surface area contributed by atoms with Gasteiger partial charge in [0.15, 0.2) is 0 Å². The van der Waals surface area contributed by atoms with E-state index >= 15 is 0 Å². The molecule has 0 spiro atoms. The number of benzene rings is 1. The van der Waals surface area contributed by atoms with Gasteiger partial charge in [0.05, 0.1) is 6.54 Å². The molecule has 0 amide bonds. The van der Waals surface area contributed by atoms with Crippen LogP contribution >= 0.6 is 22.9 Å². The fraction of sp³-hybridized carbons (Fsp3) is 0.333. The summed E-state index contributed by atoms with van der Waals surface area (Å²) in [6.45, 7) is 3.21. The highest BCUT2D eigenvalue weighted by Crippen LogP contribution is 2.24. The van der Waals surface area contributed by atoms with Crippen LogP contribution < -0.4 is 4.74 Å². The molecule has 1 aromatic carbocycles. The molecule has 0 N–H and O–H groups in total. The van der Waals surface area contributed by atoms with E-state index in [1.165, 1.54) is 16.9 Å². The van der Waals surface area contributed by atoms with E-state index in [9.17, 15) is 0 Å². The van der Waals surface area contributed by atoms with Gasteiger partial charge in [0.1, 0.15) is 17.4 Å². The quantitative estimate of drug-likeness (QED) is 0.848. The predicted octanol–water partition coefficient (Wildman–Crippen LogP) is 2.59. The van der Waals surface area contributed by atoms with Crippen LogP contribution in [0.25, 0.3) is 0 Å². The molecule has 0 atom stereocenters. The molecule has 1 aliphatic rings. The second kappa shape index (κ2) is 5.22. The monoisotopic (exact) mass is 281 g/mol. The van der Waals surface area contributed by atoms with E-state index in [0.29, 0.717) is 11.1 Å². The fourth-order valence-electron chi connectivity index (χ4n) is 2.00. The van der Waals surface area contributed by atoms with Crippen molar-refractivity contribution in [3.8, 4) is 5.75 Å². The van der Waals surface area contributed by atoms with Crippen LogP contribution in [0, 0.1) is 0 Å². The summed E-state index contributed by atoms with van der Waals surface area (Å²) in [6, 6.07) is 8.15. The van der Waals surface area contributed by atoms with Crippen molar-refractivity contribution in [1.82, 2.24) is 15.1 Å². The average molecular weight is 282 g/mol. The highest BCUT2D eigenvalue weighted by molar-refractivity contribution is 7.15. The molecule has 6 heteroatoms. The summed E-state index contributed by atoms with van der Waals surface area (Å²) in [5.41, 5.74) is 1.21. The van der Waals surface area contributed by atoms with Crippen molar-refractivity contribution in [2.45, 2.75) is 13.1 Å². The molecule has 1 aliphatic heterocycles. The lowest BCUT2D eigenvalue weighted by molar-refractivity contribution is 0.219. The van der Waals surface area contributed by atoms with Crippen molar-refractivity contribution in [2.24, 2.45) is 0 Å². The summed E-state index contributed by atoms with van der Waals surface area (Å²) in [7, 11) is 0. The molecule has 0 fully saturated rings. The van der Waals surface area contributed by atoms with Gasteiger partial charge in [-0.25, -0.2) is 0 Å². The molecule has 18 heavy (non-hydrogen) atoms. The SMILES string of the molecule is Clc1nnc(CN2CCOc3ccccc3C2)s1. The standard InChI is InChI=1S/C12H12ClN3OS/c13-12-15-14-11(18-12)8-16-5-6-17-10-4-2-1-3-9(10)7-16/h1-4H,5-8H2. The third kappa shape index (κ3) is 2.63. The lowest BCUT2D eigenvalue weighted by atomic mass is 10.2. The lowest BCUT2D eigenvalue weighted by Gasteiger charge is -2.17. The molecular formula is C12H12ClN3OS. The maximum atomic E-state index is 5.79. The van der Waals surface area contributed by atoms with Gasteiger partial charge in [-0.15, -0.1) is 10.2 Å². The molecule has 0 radical (unpaired) electrons. The van der Waals surface area contributed by atoms with Gasteiger partial charge in [-0.1, -0.05) is 29.5 Å². The number of fused-ring (bicyclic) bond motifs is 1. The number of ether oxygens (including phenoxy) is 1. The van der Waals surface area contributed by atoms with Crippen molar-refractivity contribution >= 4 is 22.9 Å². The zero-order valence-electron chi connectivity index (χ0n) is 9.67. The summed E-state index contributed by atoms with van der Waals surface area (Å²) in [6.07, 6.45) is 0. The minimum Gasteiger partial charge on any atom is -0.492 e. The fourth-order valence-corrected chi connectivity index (χ4v) is 2.91. The Balaban J connectivity index is 1.75. The Bertz CT molecular complexity index is 546. The maximum Gasteiger partial charge on any atom is 0.207 e. The Kier molecular flexibility index (Phi) is 3.45. The van der Waals surface area contributed by atoms with Crippen LogP contribution in [0.4, 0.5) is 0 Å². The summed E-state index contributed by atoms with van der Waals surface area (Å²) in [5, 5.41) is 8.82. The number of hydrogen-bond donors (Lipinski definition) is 0. The zero-order chi connectivity index (χ0) is 12.4. The van der Waals surface area contributed by atoms with Gasteiger partial charge >= 0.3 is 0 Å². The van der Waals surface area contributed by atoms with Crippen molar-refractivity contribution in [2.75, 3.05) is 13.2 Å². The number of rotatable bonds is 2. The van der Waals surface area contributed by atoms with Gasteiger partial charge in [-0.05, 0) is 17.7 Å². The van der Waals surface area contributed by atoms with Gasteiger partial charge in [0.25, 0.3) is 0 Å². The normalized spacial score (nSPS) is 15.8. The molecule has 4 nitrogen and oxygen atoms in total. The first-order valence-electron chi connectivity index (χ1n) is 5.72. The molecule has 3 rings (SSSR count). The number of halogens is 1. The van der Waals surface area contributed by atoms with Crippen molar-refractivity contribution in [3.05, 3.63) is 39.3 Å². The van der Waals surface area contributed by atoms with Gasteiger partial charge in [-0.3, -0.25) is 4.90 Å². The Labute approximate surface area is 114 Å². The first-order valence-corrected chi connectivity index (χ1v) is 6.91. The molecule has 0 aliphatic carbocycles. The van der Waals surface area contributed by atoms with E-state index in [1.54, 1.807) is 0 Å². The van der Waals surface area contributed by atoms with Crippen molar-refractivity contribution in [3.63, 3.8) is 0 Å². The van der Waals surface area contributed by atoms with E-state index in [4.69, 9.17) is 16.3 Å². The third-order valence-corrected chi connectivity index (χ3v) is 3.84. The van der Waals surface area contributed by atoms with E-state index in [-0.39, 0.29) is 0 Å². The van der Waals surface area contributed by atoms with E-state index in [2.05, 4.69) is 21.2 Å². The molecule has 2 heterocycles. The second-order valence-electron chi connectivity index (χ2n) is 4.12. The van der Waals surface area contributed by atoms with Crippen molar-refractivity contribution < 1.29 is 4.74 Å². The molecule has 94 valence electrons. The van der Waals surface area contributed by atoms with Gasteiger partial charge in [0, 0.05) is 18.7 Å². The Hall–Kier alpha value is -1.17. The minimum absolute atomic E-state index is 0.497. The van der Waals surface area contributed by atoms with Crippen LogP contribution in [-0.4, -0.2) is 28.2 Å². The first-order chi connectivity index (χ1) is 8.81. The Morgan fingerprint density at radius 3 is 3.06 bits per heavy atom. The van der Waals surface area contributed by atoms with Crippen LogP contribution in [0.3, 0.4) is 0 Å². The zero-order valence-corrected chi connectivity index (χ0v) is 11.2. The third-order valence-electron chi connectivity index (χ3n) is 2.83. The van der Waals surface area contributed by atoms with E-state index in [0.717, 1.165) is 30.4 Å². The topological polar surface area (TPSA) is 38.2 Å². The molecule has 2 aromatic rings. The largest absolute Gasteiger partial charge is 0.492 e. The molecule has 1 aromatic heterocycles. The Morgan fingerprint density at radius 2 is 2.22 bits per heavy atom. The summed E-state index contributed by atoms with van der Waals surface area (Å²) >= 11 is 7.22. The summed E-state index contributed by atoms with van der Waals surface area (Å²) in [4.78, 5) is 2.29. The van der Waals surface area contributed by atoms with Gasteiger partial charge in [-0.2, -0.15) is 0 Å². The molecule has 0 bridgehead atoms. The molecule has 0 saturated heterocycles. The second-order valence-corrected chi connectivity index (χ2v) is 5.76. The summed E-state index contributed by atoms with van der Waals surface area (Å²) in [5.74, 6) is 0.982. The number of aromatic nitrogens is 2. The summed E-state index contributed by atoms with van der Waals surface area (Å²) < 4.78 is 6.22. The molecule has 0 unspecified atom stereocenters. The maximum absolute atomic E-state index is 5.79. The lowest BCUT2D eigenvalue weighted by Crippen LogP contribution is -2.25. The molecule has 0 saturated carbocycles. The van der Waals surface area contributed by atoms with Gasteiger partial charge in [0.2, 0.25) is 4.47 Å². The van der Waals surface area contributed by atoms with E-state index in [1.807, 2.05) is 18.2 Å². The van der Waals surface area contributed by atoms with Crippen LogP contribution in [0.5, 0.6) is 5.75 Å². The highest BCUT2D eigenvalue weighted by atomic mass is 35.5. The van der Waals surface area contributed by atoms with Gasteiger partial charge < -0.3 is 4.74 Å². The van der Waals surface area contributed by atoms with E-state index < -0.39 is 0 Å². The first kappa shape index (κ1) is 11.9. The minimum atomic E-state index is 0.497.